The van der Waals surface area contributed by atoms with E-state index in [-0.39, 0.29) is 5.56 Å². The minimum atomic E-state index is -0.960. The third-order valence-electron chi connectivity index (χ3n) is 6.86. The average molecular weight is 481 g/mol. The van der Waals surface area contributed by atoms with Crippen LogP contribution in [0.4, 0.5) is 0 Å². The van der Waals surface area contributed by atoms with Crippen molar-refractivity contribution in [1.82, 2.24) is 9.47 Å². The van der Waals surface area contributed by atoms with Crippen molar-refractivity contribution in [3.63, 3.8) is 0 Å². The third kappa shape index (κ3) is 5.97. The lowest BCUT2D eigenvalue weighted by Crippen LogP contribution is -2.35. The summed E-state index contributed by atoms with van der Waals surface area (Å²) in [7, 11) is 1.71. The summed E-state index contributed by atoms with van der Waals surface area (Å²) in [6, 6.07) is 11.5. The second kappa shape index (κ2) is 11.6. The molecule has 1 aliphatic heterocycles. The SMILES string of the molecule is CCOCCn1cc(C2CCN(CCOc3cc(C)ccc3C(=O)O)CC2)c2cc(OC)ccc21. The lowest BCUT2D eigenvalue weighted by atomic mass is 9.89. The maximum atomic E-state index is 11.5. The number of carboxylic acids is 1. The van der Waals surface area contributed by atoms with Gasteiger partial charge in [0.2, 0.25) is 0 Å². The second-order valence-corrected chi connectivity index (χ2v) is 9.13. The summed E-state index contributed by atoms with van der Waals surface area (Å²) >= 11 is 0. The molecule has 0 radical (unpaired) electrons. The predicted octanol–water partition coefficient (Wildman–Crippen LogP) is 4.95. The van der Waals surface area contributed by atoms with E-state index in [9.17, 15) is 9.90 Å². The van der Waals surface area contributed by atoms with Gasteiger partial charge in [-0.25, -0.2) is 4.79 Å². The van der Waals surface area contributed by atoms with E-state index in [1.165, 1.54) is 16.5 Å². The minimum Gasteiger partial charge on any atom is -0.497 e. The summed E-state index contributed by atoms with van der Waals surface area (Å²) in [5, 5.41) is 10.7. The summed E-state index contributed by atoms with van der Waals surface area (Å²) in [5.74, 6) is 0.859. The van der Waals surface area contributed by atoms with Crippen molar-refractivity contribution in [2.75, 3.05) is 46.6 Å². The van der Waals surface area contributed by atoms with Crippen LogP contribution in [0.1, 0.15) is 47.2 Å². The molecule has 1 fully saturated rings. The Hall–Kier alpha value is -3.03. The molecule has 1 saturated heterocycles. The normalized spacial score (nSPS) is 14.9. The van der Waals surface area contributed by atoms with Crippen LogP contribution >= 0.6 is 0 Å². The fourth-order valence-corrected chi connectivity index (χ4v) is 4.93. The van der Waals surface area contributed by atoms with Crippen LogP contribution < -0.4 is 9.47 Å². The zero-order valence-corrected chi connectivity index (χ0v) is 21.0. The van der Waals surface area contributed by atoms with E-state index in [1.54, 1.807) is 25.3 Å². The molecule has 2 aromatic carbocycles. The highest BCUT2D eigenvalue weighted by Gasteiger charge is 2.24. The van der Waals surface area contributed by atoms with Gasteiger partial charge in [-0.05, 0) is 87.2 Å². The molecular formula is C28H36N2O5. The lowest BCUT2D eigenvalue weighted by molar-refractivity contribution is 0.0691. The quantitative estimate of drug-likeness (QED) is 0.392. The highest BCUT2D eigenvalue weighted by Crippen LogP contribution is 2.36. The van der Waals surface area contributed by atoms with Crippen LogP contribution in [-0.2, 0) is 11.3 Å². The van der Waals surface area contributed by atoms with Crippen molar-refractivity contribution < 1.29 is 24.1 Å². The maximum Gasteiger partial charge on any atom is 0.339 e. The van der Waals surface area contributed by atoms with Crippen molar-refractivity contribution in [2.45, 2.75) is 39.2 Å². The molecule has 1 aromatic heterocycles. The molecule has 2 heterocycles. The number of hydrogen-bond acceptors (Lipinski definition) is 5. The number of aromatic carboxylic acids is 1. The Kier molecular flexibility index (Phi) is 8.31. The van der Waals surface area contributed by atoms with Gasteiger partial charge in [-0.1, -0.05) is 6.07 Å². The molecule has 7 nitrogen and oxygen atoms in total. The van der Waals surface area contributed by atoms with Crippen LogP contribution in [0.15, 0.2) is 42.6 Å². The third-order valence-corrected chi connectivity index (χ3v) is 6.86. The number of likely N-dealkylation sites (tertiary alicyclic amines) is 1. The van der Waals surface area contributed by atoms with Gasteiger partial charge in [0.15, 0.2) is 0 Å². The fraction of sp³-hybridized carbons (Fsp3) is 0.464. The summed E-state index contributed by atoms with van der Waals surface area (Å²) < 4.78 is 19.3. The molecule has 0 aliphatic carbocycles. The number of ether oxygens (including phenoxy) is 3. The van der Waals surface area contributed by atoms with E-state index >= 15 is 0 Å². The Balaban J connectivity index is 1.38. The van der Waals surface area contributed by atoms with Crippen molar-refractivity contribution in [1.29, 1.82) is 0 Å². The Morgan fingerprint density at radius 1 is 1.09 bits per heavy atom. The Morgan fingerprint density at radius 2 is 1.89 bits per heavy atom. The number of benzene rings is 2. The maximum absolute atomic E-state index is 11.5. The summed E-state index contributed by atoms with van der Waals surface area (Å²) in [6.07, 6.45) is 4.46. The monoisotopic (exact) mass is 480 g/mol. The summed E-state index contributed by atoms with van der Waals surface area (Å²) in [4.78, 5) is 13.9. The summed E-state index contributed by atoms with van der Waals surface area (Å²) in [5.41, 5.74) is 3.81. The van der Waals surface area contributed by atoms with Crippen LogP contribution in [0, 0.1) is 6.92 Å². The molecule has 0 bridgehead atoms. The molecule has 0 atom stereocenters. The van der Waals surface area contributed by atoms with Crippen LogP contribution in [0.2, 0.25) is 0 Å². The molecule has 0 amide bonds. The number of fused-ring (bicyclic) bond motifs is 1. The molecule has 1 aliphatic rings. The van der Waals surface area contributed by atoms with Gasteiger partial charge in [-0.3, -0.25) is 4.90 Å². The topological polar surface area (TPSA) is 73.2 Å². The number of carboxylic acid groups (broad SMARTS) is 1. The van der Waals surface area contributed by atoms with Gasteiger partial charge < -0.3 is 23.9 Å². The molecule has 3 aromatic rings. The van der Waals surface area contributed by atoms with Gasteiger partial charge in [0.1, 0.15) is 23.7 Å². The van der Waals surface area contributed by atoms with Crippen molar-refractivity contribution in [3.8, 4) is 11.5 Å². The number of carbonyl (C=O) groups is 1. The number of methoxy groups -OCH3 is 1. The predicted molar refractivity (Wildman–Crippen MR) is 137 cm³/mol. The van der Waals surface area contributed by atoms with Crippen LogP contribution in [0.5, 0.6) is 11.5 Å². The number of aromatic nitrogens is 1. The van der Waals surface area contributed by atoms with Crippen molar-refractivity contribution >= 4 is 16.9 Å². The average Bonchev–Trinajstić information content (AvgIpc) is 3.22. The Labute approximate surface area is 207 Å². The smallest absolute Gasteiger partial charge is 0.339 e. The molecule has 0 saturated carbocycles. The molecule has 0 unspecified atom stereocenters. The van der Waals surface area contributed by atoms with Crippen LogP contribution in [0.25, 0.3) is 10.9 Å². The highest BCUT2D eigenvalue weighted by molar-refractivity contribution is 5.91. The van der Waals surface area contributed by atoms with Gasteiger partial charge in [0, 0.05) is 36.8 Å². The van der Waals surface area contributed by atoms with Crippen LogP contribution in [0.3, 0.4) is 0 Å². The van der Waals surface area contributed by atoms with E-state index < -0.39 is 5.97 Å². The standard InChI is InChI=1S/C28H36N2O5/c1-4-34-15-14-30-19-25(24-18-22(33-3)6-8-26(24)30)21-9-11-29(12-10-21)13-16-35-27-17-20(2)5-7-23(27)28(31)32/h5-8,17-19,21H,4,9-16H2,1-3H3,(H,31,32). The van der Waals surface area contributed by atoms with Crippen LogP contribution in [-0.4, -0.2) is 67.1 Å². The second-order valence-electron chi connectivity index (χ2n) is 9.13. The van der Waals surface area contributed by atoms with E-state index in [4.69, 9.17) is 14.2 Å². The lowest BCUT2D eigenvalue weighted by Gasteiger charge is -2.31. The number of rotatable bonds is 11. The van der Waals surface area contributed by atoms with Crippen molar-refractivity contribution in [3.05, 3.63) is 59.3 Å². The van der Waals surface area contributed by atoms with E-state index in [0.717, 1.165) is 56.9 Å². The molecule has 188 valence electrons. The Morgan fingerprint density at radius 3 is 2.60 bits per heavy atom. The summed E-state index contributed by atoms with van der Waals surface area (Å²) in [6.45, 7) is 9.46. The fourth-order valence-electron chi connectivity index (χ4n) is 4.93. The largest absolute Gasteiger partial charge is 0.497 e. The van der Waals surface area contributed by atoms with Gasteiger partial charge in [0.05, 0.1) is 13.7 Å². The zero-order chi connectivity index (χ0) is 24.8. The van der Waals surface area contributed by atoms with Gasteiger partial charge >= 0.3 is 5.97 Å². The molecular weight excluding hydrogens is 444 g/mol. The van der Waals surface area contributed by atoms with Crippen molar-refractivity contribution in [2.24, 2.45) is 0 Å². The Bertz CT molecular complexity index is 1150. The van der Waals surface area contributed by atoms with E-state index in [2.05, 4.69) is 27.8 Å². The first-order valence-corrected chi connectivity index (χ1v) is 12.4. The molecule has 7 heteroatoms. The number of nitrogens with zero attached hydrogens (tertiary/aromatic N) is 2. The molecule has 35 heavy (non-hydrogen) atoms. The minimum absolute atomic E-state index is 0.213. The van der Waals surface area contributed by atoms with Gasteiger partial charge in [0.25, 0.3) is 0 Å². The first-order chi connectivity index (χ1) is 17.0. The zero-order valence-electron chi connectivity index (χ0n) is 21.0. The molecule has 0 spiro atoms. The number of piperidine rings is 1. The molecule has 1 N–H and O–H groups in total. The molecule has 4 rings (SSSR count). The highest BCUT2D eigenvalue weighted by atomic mass is 16.5. The van der Waals surface area contributed by atoms with Gasteiger partial charge in [-0.15, -0.1) is 0 Å². The van der Waals surface area contributed by atoms with Gasteiger partial charge in [-0.2, -0.15) is 0 Å². The first kappa shape index (κ1) is 25.1. The van der Waals surface area contributed by atoms with E-state index in [0.29, 0.717) is 24.9 Å². The van der Waals surface area contributed by atoms with E-state index in [1.807, 2.05) is 19.9 Å². The number of hydrogen-bond donors (Lipinski definition) is 1. The number of aryl methyl sites for hydroxylation is 1. The first-order valence-electron chi connectivity index (χ1n) is 12.4.